The van der Waals surface area contributed by atoms with E-state index in [1.807, 2.05) is 0 Å². The molecular formula is C13H21NO5S. The van der Waals surface area contributed by atoms with Gasteiger partial charge in [-0.05, 0) is 26.2 Å². The molecule has 2 fully saturated rings. The predicted molar refractivity (Wildman–Crippen MR) is 73.0 cm³/mol. The number of carbonyl (C=O) groups excluding carboxylic acids is 1. The molecule has 0 radical (unpaired) electrons. The van der Waals surface area contributed by atoms with E-state index >= 15 is 0 Å². The van der Waals surface area contributed by atoms with E-state index in [4.69, 9.17) is 0 Å². The van der Waals surface area contributed by atoms with Crippen LogP contribution in [-0.2, 0) is 19.4 Å². The zero-order chi connectivity index (χ0) is 15.0. The van der Waals surface area contributed by atoms with E-state index in [9.17, 15) is 23.1 Å². The summed E-state index contributed by atoms with van der Waals surface area (Å²) in [6.07, 6.45) is 3.02. The Balaban J connectivity index is 2.01. The quantitative estimate of drug-likeness (QED) is 0.797. The third-order valence-electron chi connectivity index (χ3n) is 4.46. The van der Waals surface area contributed by atoms with Gasteiger partial charge >= 0.3 is 5.97 Å². The van der Waals surface area contributed by atoms with Crippen molar-refractivity contribution in [3.63, 3.8) is 0 Å². The van der Waals surface area contributed by atoms with Crippen LogP contribution in [0.2, 0.25) is 0 Å². The van der Waals surface area contributed by atoms with Crippen LogP contribution in [0.4, 0.5) is 0 Å². The highest BCUT2D eigenvalue weighted by Gasteiger charge is 2.45. The SMILES string of the molecule is CC1(NC(=O)CC2(C(=O)O)CCCC2)CCS(=O)(=O)C1. The van der Waals surface area contributed by atoms with Crippen molar-refractivity contribution in [2.75, 3.05) is 11.5 Å². The first-order chi connectivity index (χ1) is 9.17. The fourth-order valence-corrected chi connectivity index (χ4v) is 5.41. The summed E-state index contributed by atoms with van der Waals surface area (Å²) in [6.45, 7) is 1.71. The van der Waals surface area contributed by atoms with E-state index < -0.39 is 26.8 Å². The molecule has 2 N–H and O–H groups in total. The second-order valence-corrected chi connectivity index (χ2v) is 8.60. The van der Waals surface area contributed by atoms with Crippen LogP contribution < -0.4 is 5.32 Å². The molecule has 1 aliphatic carbocycles. The molecule has 0 aromatic heterocycles. The summed E-state index contributed by atoms with van der Waals surface area (Å²) >= 11 is 0. The van der Waals surface area contributed by atoms with Crippen molar-refractivity contribution in [3.8, 4) is 0 Å². The van der Waals surface area contributed by atoms with Crippen LogP contribution in [0.5, 0.6) is 0 Å². The maximum atomic E-state index is 12.1. The van der Waals surface area contributed by atoms with Crippen LogP contribution in [0.25, 0.3) is 0 Å². The zero-order valence-electron chi connectivity index (χ0n) is 11.6. The third-order valence-corrected chi connectivity index (χ3v) is 6.36. The van der Waals surface area contributed by atoms with Gasteiger partial charge in [0.15, 0.2) is 9.84 Å². The Bertz CT molecular complexity index is 521. The van der Waals surface area contributed by atoms with Gasteiger partial charge in [-0.3, -0.25) is 9.59 Å². The lowest BCUT2D eigenvalue weighted by Gasteiger charge is -2.28. The summed E-state index contributed by atoms with van der Waals surface area (Å²) in [7, 11) is -3.09. The minimum absolute atomic E-state index is 0.0576. The second kappa shape index (κ2) is 5.02. The number of hydrogen-bond donors (Lipinski definition) is 2. The minimum Gasteiger partial charge on any atom is -0.481 e. The largest absolute Gasteiger partial charge is 0.481 e. The van der Waals surface area contributed by atoms with Gasteiger partial charge in [0.25, 0.3) is 0 Å². The number of carbonyl (C=O) groups is 2. The van der Waals surface area contributed by atoms with E-state index in [1.54, 1.807) is 6.92 Å². The second-order valence-electron chi connectivity index (χ2n) is 6.42. The molecule has 0 aromatic rings. The molecule has 1 aliphatic heterocycles. The number of amides is 1. The van der Waals surface area contributed by atoms with Gasteiger partial charge < -0.3 is 10.4 Å². The van der Waals surface area contributed by atoms with Crippen molar-refractivity contribution in [2.45, 2.75) is 51.0 Å². The molecule has 114 valence electrons. The summed E-state index contributed by atoms with van der Waals surface area (Å²) in [5.74, 6) is -1.26. The van der Waals surface area contributed by atoms with Crippen LogP contribution in [0, 0.1) is 5.41 Å². The number of hydrogen-bond acceptors (Lipinski definition) is 4. The topological polar surface area (TPSA) is 101 Å². The minimum atomic E-state index is -3.09. The van der Waals surface area contributed by atoms with Crippen molar-refractivity contribution in [2.24, 2.45) is 5.41 Å². The van der Waals surface area contributed by atoms with E-state index in [1.165, 1.54) is 0 Å². The average molecular weight is 303 g/mol. The third kappa shape index (κ3) is 3.13. The van der Waals surface area contributed by atoms with Gasteiger partial charge in [-0.2, -0.15) is 0 Å². The first-order valence-electron chi connectivity index (χ1n) is 6.91. The molecule has 7 heteroatoms. The monoisotopic (exact) mass is 303 g/mol. The fraction of sp³-hybridized carbons (Fsp3) is 0.846. The van der Waals surface area contributed by atoms with Crippen LogP contribution in [-0.4, -0.2) is 42.4 Å². The molecule has 2 rings (SSSR count). The van der Waals surface area contributed by atoms with Crippen molar-refractivity contribution < 1.29 is 23.1 Å². The summed E-state index contributed by atoms with van der Waals surface area (Å²) < 4.78 is 23.0. The number of aliphatic carboxylic acids is 1. The molecule has 0 aromatic carbocycles. The molecule has 1 saturated heterocycles. The van der Waals surface area contributed by atoms with Gasteiger partial charge in [0, 0.05) is 6.42 Å². The first-order valence-corrected chi connectivity index (χ1v) is 8.74. The van der Waals surface area contributed by atoms with Gasteiger partial charge in [0.1, 0.15) is 0 Å². The maximum absolute atomic E-state index is 12.1. The lowest BCUT2D eigenvalue weighted by atomic mass is 9.82. The predicted octanol–water partition coefficient (Wildman–Crippen LogP) is 0.715. The Kier molecular flexibility index (Phi) is 3.83. The van der Waals surface area contributed by atoms with Crippen molar-refractivity contribution in [1.82, 2.24) is 5.32 Å². The lowest BCUT2D eigenvalue weighted by Crippen LogP contribution is -2.48. The Morgan fingerprint density at radius 2 is 1.80 bits per heavy atom. The molecule has 0 spiro atoms. The molecule has 1 amide bonds. The summed E-state index contributed by atoms with van der Waals surface area (Å²) in [5, 5.41) is 12.1. The highest BCUT2D eigenvalue weighted by atomic mass is 32.2. The first kappa shape index (κ1) is 15.3. The normalized spacial score (nSPS) is 31.1. The summed E-state index contributed by atoms with van der Waals surface area (Å²) in [4.78, 5) is 23.5. The van der Waals surface area contributed by atoms with Gasteiger partial charge in [-0.25, -0.2) is 8.42 Å². The molecule has 0 bridgehead atoms. The molecule has 1 unspecified atom stereocenters. The Labute approximate surface area is 118 Å². The van der Waals surface area contributed by atoms with Crippen LogP contribution in [0.1, 0.15) is 45.4 Å². The van der Waals surface area contributed by atoms with Gasteiger partial charge in [0.2, 0.25) is 5.91 Å². The number of sulfone groups is 1. The summed E-state index contributed by atoms with van der Waals surface area (Å²) in [5.41, 5.74) is -1.72. The molecule has 2 aliphatic rings. The number of carboxylic acid groups (broad SMARTS) is 1. The molecule has 6 nitrogen and oxygen atoms in total. The Hall–Kier alpha value is -1.11. The molecule has 1 heterocycles. The van der Waals surface area contributed by atoms with Gasteiger partial charge in [-0.1, -0.05) is 12.8 Å². The molecule has 1 saturated carbocycles. The average Bonchev–Trinajstić information content (AvgIpc) is 2.84. The smallest absolute Gasteiger partial charge is 0.310 e. The van der Waals surface area contributed by atoms with Crippen LogP contribution in [0.3, 0.4) is 0 Å². The lowest BCUT2D eigenvalue weighted by molar-refractivity contribution is -0.151. The number of nitrogens with one attached hydrogen (secondary N) is 1. The number of rotatable bonds is 4. The van der Waals surface area contributed by atoms with E-state index in [2.05, 4.69) is 5.32 Å². The molecule has 1 atom stereocenters. The van der Waals surface area contributed by atoms with Gasteiger partial charge in [-0.15, -0.1) is 0 Å². The molecule has 20 heavy (non-hydrogen) atoms. The highest BCUT2D eigenvalue weighted by Crippen LogP contribution is 2.41. The standard InChI is InChI=1S/C13H21NO5S/c1-12(6-7-20(18,19)9-12)14-10(15)8-13(11(16)17)4-2-3-5-13/h2-9H2,1H3,(H,14,15)(H,16,17). The van der Waals surface area contributed by atoms with Crippen molar-refractivity contribution in [1.29, 1.82) is 0 Å². The van der Waals surface area contributed by atoms with Gasteiger partial charge in [0.05, 0.1) is 22.5 Å². The van der Waals surface area contributed by atoms with E-state index in [0.29, 0.717) is 19.3 Å². The zero-order valence-corrected chi connectivity index (χ0v) is 12.5. The van der Waals surface area contributed by atoms with E-state index in [-0.39, 0.29) is 23.8 Å². The Morgan fingerprint density at radius 3 is 2.25 bits per heavy atom. The maximum Gasteiger partial charge on any atom is 0.310 e. The van der Waals surface area contributed by atoms with E-state index in [0.717, 1.165) is 12.8 Å². The molecular weight excluding hydrogens is 282 g/mol. The van der Waals surface area contributed by atoms with Crippen molar-refractivity contribution in [3.05, 3.63) is 0 Å². The highest BCUT2D eigenvalue weighted by molar-refractivity contribution is 7.91. The van der Waals surface area contributed by atoms with Crippen LogP contribution >= 0.6 is 0 Å². The number of carboxylic acids is 1. The van der Waals surface area contributed by atoms with Crippen molar-refractivity contribution >= 4 is 21.7 Å². The Morgan fingerprint density at radius 1 is 1.20 bits per heavy atom. The fourth-order valence-electron chi connectivity index (χ4n) is 3.32. The van der Waals surface area contributed by atoms with Crippen LogP contribution in [0.15, 0.2) is 0 Å². The summed E-state index contributed by atoms with van der Waals surface area (Å²) in [6, 6.07) is 0.